The summed E-state index contributed by atoms with van der Waals surface area (Å²) in [5.41, 5.74) is 0.760. The van der Waals surface area contributed by atoms with Gasteiger partial charge in [0.05, 0.1) is 22.7 Å². The van der Waals surface area contributed by atoms with E-state index in [-0.39, 0.29) is 36.1 Å². The average Bonchev–Trinajstić information content (AvgIpc) is 2.99. The van der Waals surface area contributed by atoms with Crippen LogP contribution in [0.2, 0.25) is 0 Å². The normalized spacial score (nSPS) is 19.7. The number of nitro groups is 1. The van der Waals surface area contributed by atoms with E-state index < -0.39 is 4.92 Å². The van der Waals surface area contributed by atoms with E-state index >= 15 is 0 Å². The Labute approximate surface area is 156 Å². The molecule has 1 fully saturated rings. The fraction of sp³-hybridized carbons (Fsp3) is 0.444. The number of aryl methyl sites for hydroxylation is 1. The molecule has 1 aromatic heterocycles. The summed E-state index contributed by atoms with van der Waals surface area (Å²) in [6.45, 7) is 6.59. The SMILES string of the molecule is Cc1onc(C(=O)N2CC(C)OC(C)C2)c1COc1ccc([N+](=O)[O-])cc1. The van der Waals surface area contributed by atoms with Gasteiger partial charge in [0.25, 0.3) is 11.6 Å². The van der Waals surface area contributed by atoms with Gasteiger partial charge in [-0.1, -0.05) is 5.16 Å². The summed E-state index contributed by atoms with van der Waals surface area (Å²) in [7, 11) is 0. The van der Waals surface area contributed by atoms with E-state index in [9.17, 15) is 14.9 Å². The molecule has 1 aromatic carbocycles. The van der Waals surface area contributed by atoms with E-state index in [4.69, 9.17) is 14.0 Å². The molecule has 1 saturated heterocycles. The maximum atomic E-state index is 12.9. The van der Waals surface area contributed by atoms with E-state index in [1.165, 1.54) is 24.3 Å². The summed E-state index contributed by atoms with van der Waals surface area (Å²) in [6, 6.07) is 5.73. The fourth-order valence-corrected chi connectivity index (χ4v) is 3.04. The van der Waals surface area contributed by atoms with Crippen molar-refractivity contribution in [3.63, 3.8) is 0 Å². The van der Waals surface area contributed by atoms with Gasteiger partial charge in [-0.2, -0.15) is 0 Å². The predicted octanol–water partition coefficient (Wildman–Crippen LogP) is 2.72. The second kappa shape index (κ2) is 7.75. The van der Waals surface area contributed by atoms with Crippen molar-refractivity contribution in [3.05, 3.63) is 51.4 Å². The molecule has 1 amide bonds. The molecule has 0 spiro atoms. The predicted molar refractivity (Wildman–Crippen MR) is 94.6 cm³/mol. The zero-order chi connectivity index (χ0) is 19.6. The van der Waals surface area contributed by atoms with Crippen LogP contribution < -0.4 is 4.74 Å². The van der Waals surface area contributed by atoms with Crippen LogP contribution in [0.3, 0.4) is 0 Å². The maximum Gasteiger partial charge on any atom is 0.276 e. The van der Waals surface area contributed by atoms with Crippen molar-refractivity contribution in [1.29, 1.82) is 0 Å². The molecule has 1 aliphatic rings. The Kier molecular flexibility index (Phi) is 5.41. The maximum absolute atomic E-state index is 12.9. The van der Waals surface area contributed by atoms with Gasteiger partial charge in [-0.3, -0.25) is 14.9 Å². The quantitative estimate of drug-likeness (QED) is 0.584. The van der Waals surface area contributed by atoms with Crippen LogP contribution in [0.4, 0.5) is 5.69 Å². The lowest BCUT2D eigenvalue weighted by atomic mass is 10.1. The number of hydrogen-bond acceptors (Lipinski definition) is 7. The Morgan fingerprint density at radius 2 is 1.93 bits per heavy atom. The second-order valence-corrected chi connectivity index (χ2v) is 6.57. The Morgan fingerprint density at radius 1 is 1.30 bits per heavy atom. The summed E-state index contributed by atoms with van der Waals surface area (Å²) in [5, 5.41) is 14.6. The van der Waals surface area contributed by atoms with Crippen molar-refractivity contribution in [2.45, 2.75) is 39.6 Å². The van der Waals surface area contributed by atoms with Crippen molar-refractivity contribution < 1.29 is 23.7 Å². The average molecular weight is 375 g/mol. The van der Waals surface area contributed by atoms with Crippen LogP contribution in [0.15, 0.2) is 28.8 Å². The molecule has 0 bridgehead atoms. The van der Waals surface area contributed by atoms with E-state index in [0.29, 0.717) is 30.2 Å². The van der Waals surface area contributed by atoms with Crippen LogP contribution >= 0.6 is 0 Å². The summed E-state index contributed by atoms with van der Waals surface area (Å²) in [4.78, 5) is 24.8. The third-order valence-electron chi connectivity index (χ3n) is 4.32. The number of aromatic nitrogens is 1. The first-order chi connectivity index (χ1) is 12.8. The van der Waals surface area contributed by atoms with Gasteiger partial charge in [0.15, 0.2) is 5.69 Å². The lowest BCUT2D eigenvalue weighted by molar-refractivity contribution is -0.384. The molecule has 27 heavy (non-hydrogen) atoms. The molecule has 144 valence electrons. The van der Waals surface area contributed by atoms with Crippen LogP contribution in [0.25, 0.3) is 0 Å². The highest BCUT2D eigenvalue weighted by Gasteiger charge is 2.30. The third-order valence-corrected chi connectivity index (χ3v) is 4.32. The van der Waals surface area contributed by atoms with Crippen LogP contribution in [0, 0.1) is 17.0 Å². The van der Waals surface area contributed by atoms with Gasteiger partial charge < -0.3 is 18.9 Å². The number of carbonyl (C=O) groups excluding carboxylic acids is 1. The monoisotopic (exact) mass is 375 g/mol. The number of nitro benzene ring substituents is 1. The molecular weight excluding hydrogens is 354 g/mol. The minimum atomic E-state index is -0.477. The molecule has 1 aliphatic heterocycles. The highest BCUT2D eigenvalue weighted by Crippen LogP contribution is 2.22. The third kappa shape index (κ3) is 4.25. The van der Waals surface area contributed by atoms with Crippen LogP contribution in [0.1, 0.15) is 35.7 Å². The molecule has 2 aromatic rings. The Hall–Kier alpha value is -2.94. The molecule has 2 heterocycles. The number of benzene rings is 1. The molecular formula is C18H21N3O6. The first-order valence-electron chi connectivity index (χ1n) is 8.62. The minimum Gasteiger partial charge on any atom is -0.489 e. The summed E-state index contributed by atoms with van der Waals surface area (Å²) >= 11 is 0. The second-order valence-electron chi connectivity index (χ2n) is 6.57. The van der Waals surface area contributed by atoms with Gasteiger partial charge in [0.1, 0.15) is 18.1 Å². The van der Waals surface area contributed by atoms with Crippen LogP contribution in [0.5, 0.6) is 5.75 Å². The van der Waals surface area contributed by atoms with Crippen LogP contribution in [-0.4, -0.2) is 46.2 Å². The topological polar surface area (TPSA) is 108 Å². The molecule has 2 atom stereocenters. The number of non-ortho nitro benzene ring substituents is 1. The number of carbonyl (C=O) groups is 1. The number of amides is 1. The van der Waals surface area contributed by atoms with Crippen LogP contribution in [-0.2, 0) is 11.3 Å². The highest BCUT2D eigenvalue weighted by atomic mass is 16.6. The molecule has 2 unspecified atom stereocenters. The first-order valence-corrected chi connectivity index (χ1v) is 8.62. The number of hydrogen-bond donors (Lipinski definition) is 0. The lowest BCUT2D eigenvalue weighted by Crippen LogP contribution is -2.48. The zero-order valence-corrected chi connectivity index (χ0v) is 15.4. The van der Waals surface area contributed by atoms with Gasteiger partial charge in [-0.25, -0.2) is 0 Å². The molecule has 9 nitrogen and oxygen atoms in total. The molecule has 9 heteroatoms. The molecule has 3 rings (SSSR count). The number of ether oxygens (including phenoxy) is 2. The van der Waals surface area contributed by atoms with E-state index in [1.54, 1.807) is 11.8 Å². The summed E-state index contributed by atoms with van der Waals surface area (Å²) in [5.74, 6) is 0.721. The number of morpholine rings is 1. The van der Waals surface area contributed by atoms with Gasteiger partial charge in [-0.15, -0.1) is 0 Å². The largest absolute Gasteiger partial charge is 0.489 e. The van der Waals surface area contributed by atoms with E-state index in [0.717, 1.165) is 0 Å². The van der Waals surface area contributed by atoms with Crippen molar-refractivity contribution in [1.82, 2.24) is 10.1 Å². The minimum absolute atomic E-state index is 0.0186. The van der Waals surface area contributed by atoms with Crippen molar-refractivity contribution in [3.8, 4) is 5.75 Å². The fourth-order valence-electron chi connectivity index (χ4n) is 3.04. The number of nitrogens with zero attached hydrogens (tertiary/aromatic N) is 3. The summed E-state index contributed by atoms with van der Waals surface area (Å²) in [6.07, 6.45) is -0.101. The van der Waals surface area contributed by atoms with Crippen molar-refractivity contribution in [2.24, 2.45) is 0 Å². The summed E-state index contributed by atoms with van der Waals surface area (Å²) < 4.78 is 16.5. The zero-order valence-electron chi connectivity index (χ0n) is 15.4. The highest BCUT2D eigenvalue weighted by molar-refractivity contribution is 5.94. The van der Waals surface area contributed by atoms with Crippen molar-refractivity contribution in [2.75, 3.05) is 13.1 Å². The van der Waals surface area contributed by atoms with E-state index in [2.05, 4.69) is 5.16 Å². The van der Waals surface area contributed by atoms with Crippen molar-refractivity contribution >= 4 is 11.6 Å². The smallest absolute Gasteiger partial charge is 0.276 e. The van der Waals surface area contributed by atoms with Gasteiger partial charge in [-0.05, 0) is 32.9 Å². The Balaban J connectivity index is 1.72. The lowest BCUT2D eigenvalue weighted by Gasteiger charge is -2.34. The van der Waals surface area contributed by atoms with Gasteiger partial charge >= 0.3 is 0 Å². The molecule has 0 N–H and O–H groups in total. The van der Waals surface area contributed by atoms with Gasteiger partial charge in [0.2, 0.25) is 0 Å². The first kappa shape index (κ1) is 18.8. The Bertz CT molecular complexity index is 822. The number of rotatable bonds is 5. The molecule has 0 radical (unpaired) electrons. The van der Waals surface area contributed by atoms with Gasteiger partial charge in [0, 0.05) is 25.2 Å². The van der Waals surface area contributed by atoms with E-state index in [1.807, 2.05) is 13.8 Å². The standard InChI is InChI=1S/C18H21N3O6/c1-11-8-20(9-12(2)26-11)18(22)17-16(13(3)27-19-17)10-25-15-6-4-14(5-7-15)21(23)24/h4-7,11-12H,8-10H2,1-3H3. The Morgan fingerprint density at radius 3 is 2.52 bits per heavy atom. The molecule has 0 aliphatic carbocycles. The molecule has 0 saturated carbocycles.